The smallest absolute Gasteiger partial charge is 0.409 e. The van der Waals surface area contributed by atoms with E-state index in [4.69, 9.17) is 0 Å². The second kappa shape index (κ2) is 7.06. The van der Waals surface area contributed by atoms with Crippen LogP contribution in [0, 0.1) is 40.0 Å². The average Bonchev–Trinajstić information content (AvgIpc) is 3.06. The van der Waals surface area contributed by atoms with E-state index in [1.54, 1.807) is 0 Å². The van der Waals surface area contributed by atoms with Crippen LogP contribution in [0.5, 0.6) is 0 Å². The van der Waals surface area contributed by atoms with Crippen LogP contribution in [0.1, 0.15) is 25.0 Å². The van der Waals surface area contributed by atoms with Crippen LogP contribution >= 0.6 is 0 Å². The molecule has 0 saturated heterocycles. The fourth-order valence-electron chi connectivity index (χ4n) is 3.76. The Morgan fingerprint density at radius 2 is 1.54 bits per heavy atom. The quantitative estimate of drug-likeness (QED) is 0.414. The Kier molecular flexibility index (Phi) is 5.59. The van der Waals surface area contributed by atoms with Crippen LogP contribution < -0.4 is 0 Å². The number of ether oxygens (including phenoxy) is 1. The maximum atomic E-state index is 14.4. The first-order valence-corrected chi connectivity index (χ1v) is 8.04. The number of halogens is 7. The summed E-state index contributed by atoms with van der Waals surface area (Å²) in [7, 11) is 1.05. The largest absolute Gasteiger partial charge is 0.481 e. The molecule has 0 spiro atoms. The maximum Gasteiger partial charge on any atom is 0.409 e. The van der Waals surface area contributed by atoms with Crippen LogP contribution in [-0.2, 0) is 22.6 Å². The van der Waals surface area contributed by atoms with Crippen LogP contribution in [0.4, 0.5) is 30.7 Å². The van der Waals surface area contributed by atoms with E-state index in [2.05, 4.69) is 4.74 Å². The lowest BCUT2D eigenvalue weighted by Crippen LogP contribution is -2.26. The van der Waals surface area contributed by atoms with Gasteiger partial charge >= 0.3 is 12.1 Å². The molecule has 0 amide bonds. The normalized spacial score (nSPS) is 24.0. The van der Waals surface area contributed by atoms with Gasteiger partial charge in [0.05, 0.1) is 17.6 Å². The molecule has 2 atom stereocenters. The number of methoxy groups -OCH3 is 1. The zero-order valence-electron chi connectivity index (χ0n) is 15.1. The second-order valence-electron chi connectivity index (χ2n) is 7.20. The van der Waals surface area contributed by atoms with Gasteiger partial charge in [-0.15, -0.1) is 0 Å². The molecule has 3 nitrogen and oxygen atoms in total. The van der Waals surface area contributed by atoms with E-state index in [-0.39, 0.29) is 6.08 Å². The number of allylic oxidation sites excluding steroid dienone is 2. The Morgan fingerprint density at radius 3 is 1.93 bits per heavy atom. The number of carboxylic acid groups (broad SMARTS) is 1. The molecule has 0 aliphatic heterocycles. The Morgan fingerprint density at radius 1 is 1.07 bits per heavy atom. The lowest BCUT2D eigenvalue weighted by Gasteiger charge is -2.18. The van der Waals surface area contributed by atoms with E-state index in [9.17, 15) is 40.6 Å². The molecule has 0 heterocycles. The molecule has 28 heavy (non-hydrogen) atoms. The number of aliphatic carboxylic acids is 1. The molecule has 0 radical (unpaired) electrons. The average molecular weight is 414 g/mol. The number of hydrogen-bond donors (Lipinski definition) is 1. The highest BCUT2D eigenvalue weighted by Gasteiger charge is 2.74. The third-order valence-corrected chi connectivity index (χ3v) is 5.42. The van der Waals surface area contributed by atoms with Crippen molar-refractivity contribution in [1.29, 1.82) is 0 Å². The van der Waals surface area contributed by atoms with Crippen molar-refractivity contribution in [3.8, 4) is 0 Å². The van der Waals surface area contributed by atoms with Gasteiger partial charge < -0.3 is 9.84 Å². The number of benzene rings is 1. The fourth-order valence-corrected chi connectivity index (χ4v) is 3.76. The second-order valence-corrected chi connectivity index (χ2v) is 7.20. The van der Waals surface area contributed by atoms with Crippen molar-refractivity contribution in [2.24, 2.45) is 16.7 Å². The fraction of sp³-hybridized carbons (Fsp3) is 0.500. The van der Waals surface area contributed by atoms with E-state index in [0.29, 0.717) is 6.08 Å². The van der Waals surface area contributed by atoms with Gasteiger partial charge in [-0.1, -0.05) is 19.9 Å². The van der Waals surface area contributed by atoms with E-state index in [0.717, 1.165) is 7.11 Å². The van der Waals surface area contributed by atoms with Crippen LogP contribution in [0.2, 0.25) is 0 Å². The Hall–Kier alpha value is -2.10. The Labute approximate surface area is 155 Å². The highest BCUT2D eigenvalue weighted by Crippen LogP contribution is 2.71. The maximum absolute atomic E-state index is 14.4. The van der Waals surface area contributed by atoms with Crippen LogP contribution in [0.25, 0.3) is 0 Å². The van der Waals surface area contributed by atoms with Gasteiger partial charge in [0.1, 0.15) is 0 Å². The standard InChI is InChI=1S/C18H17F7O3/c1-16(2)10(4-5-18(23,24)25)17(16,15(26)27)6-8-11(19)13(21)9(7-28-3)14(22)12(8)20/h4-5,10H,6-7H2,1-3H3,(H,26,27)/b5-4+/t10?,17-/m1/s1. The van der Waals surface area contributed by atoms with Crippen molar-refractivity contribution < 1.29 is 45.4 Å². The summed E-state index contributed by atoms with van der Waals surface area (Å²) >= 11 is 0. The molecular formula is C18H17F7O3. The molecule has 1 saturated carbocycles. The topological polar surface area (TPSA) is 46.5 Å². The zero-order chi connectivity index (χ0) is 21.7. The number of carbonyl (C=O) groups is 1. The number of hydrogen-bond acceptors (Lipinski definition) is 2. The minimum atomic E-state index is -4.72. The van der Waals surface area contributed by atoms with Crippen molar-refractivity contribution in [2.75, 3.05) is 7.11 Å². The zero-order valence-corrected chi connectivity index (χ0v) is 15.1. The molecular weight excluding hydrogens is 397 g/mol. The van der Waals surface area contributed by atoms with Crippen molar-refractivity contribution in [1.82, 2.24) is 0 Å². The van der Waals surface area contributed by atoms with Gasteiger partial charge in [-0.05, 0) is 11.8 Å². The summed E-state index contributed by atoms with van der Waals surface area (Å²) in [5.41, 5.74) is -5.60. The molecule has 0 bridgehead atoms. The van der Waals surface area contributed by atoms with Crippen molar-refractivity contribution in [3.05, 3.63) is 46.5 Å². The van der Waals surface area contributed by atoms with E-state index < -0.39 is 76.3 Å². The van der Waals surface area contributed by atoms with Gasteiger partial charge in [-0.2, -0.15) is 13.2 Å². The molecule has 1 aromatic rings. The molecule has 0 aromatic heterocycles. The molecule has 10 heteroatoms. The van der Waals surface area contributed by atoms with Crippen LogP contribution in [-0.4, -0.2) is 24.4 Å². The van der Waals surface area contributed by atoms with Gasteiger partial charge in [0.2, 0.25) is 0 Å². The highest BCUT2D eigenvalue weighted by molar-refractivity contribution is 5.82. The van der Waals surface area contributed by atoms with Gasteiger partial charge in [0, 0.05) is 24.7 Å². The molecule has 1 N–H and O–H groups in total. The van der Waals surface area contributed by atoms with Crippen molar-refractivity contribution in [3.63, 3.8) is 0 Å². The summed E-state index contributed by atoms with van der Waals surface area (Å²) in [5.74, 6) is -9.97. The summed E-state index contributed by atoms with van der Waals surface area (Å²) < 4.78 is 98.8. The van der Waals surface area contributed by atoms with Gasteiger partial charge in [-0.25, -0.2) is 17.6 Å². The lowest BCUT2D eigenvalue weighted by molar-refractivity contribution is -0.145. The van der Waals surface area contributed by atoms with Gasteiger partial charge in [-0.3, -0.25) is 4.79 Å². The molecule has 1 aromatic carbocycles. The molecule has 1 unspecified atom stereocenters. The lowest BCUT2D eigenvalue weighted by atomic mass is 9.87. The van der Waals surface area contributed by atoms with E-state index in [1.165, 1.54) is 13.8 Å². The van der Waals surface area contributed by atoms with Crippen LogP contribution in [0.3, 0.4) is 0 Å². The summed E-state index contributed by atoms with van der Waals surface area (Å²) in [6.45, 7) is 1.83. The summed E-state index contributed by atoms with van der Waals surface area (Å²) in [5, 5.41) is 9.59. The minimum absolute atomic E-state index is 0.167. The van der Waals surface area contributed by atoms with E-state index in [1.807, 2.05) is 0 Å². The Bertz CT molecular complexity index is 800. The number of rotatable bonds is 6. The Balaban J connectivity index is 2.56. The third kappa shape index (κ3) is 3.38. The SMILES string of the molecule is COCc1c(F)c(F)c(C[C@]2(C(=O)O)C(/C=C/C(F)(F)F)C2(C)C)c(F)c1F. The number of carboxylic acids is 1. The summed E-state index contributed by atoms with van der Waals surface area (Å²) in [4.78, 5) is 11.8. The molecule has 1 aliphatic carbocycles. The molecule has 1 aliphatic rings. The number of alkyl halides is 3. The molecule has 1 fully saturated rings. The van der Waals surface area contributed by atoms with E-state index >= 15 is 0 Å². The first-order chi connectivity index (χ1) is 12.7. The summed E-state index contributed by atoms with van der Waals surface area (Å²) in [6.07, 6.45) is -5.32. The third-order valence-electron chi connectivity index (χ3n) is 5.42. The van der Waals surface area contributed by atoms with Crippen molar-refractivity contribution in [2.45, 2.75) is 33.1 Å². The van der Waals surface area contributed by atoms with Crippen LogP contribution in [0.15, 0.2) is 12.2 Å². The first-order valence-electron chi connectivity index (χ1n) is 8.04. The molecule has 156 valence electrons. The summed E-state index contributed by atoms with van der Waals surface area (Å²) in [6, 6.07) is 0. The highest BCUT2D eigenvalue weighted by atomic mass is 19.4. The first kappa shape index (κ1) is 22.2. The monoisotopic (exact) mass is 414 g/mol. The molecule has 2 rings (SSSR count). The van der Waals surface area contributed by atoms with Gasteiger partial charge in [0.15, 0.2) is 23.3 Å². The van der Waals surface area contributed by atoms with Crippen molar-refractivity contribution >= 4 is 5.97 Å². The van der Waals surface area contributed by atoms with Gasteiger partial charge in [0.25, 0.3) is 0 Å². The predicted octanol–water partition coefficient (Wildman–Crippen LogP) is 4.78. The minimum Gasteiger partial charge on any atom is -0.481 e. The predicted molar refractivity (Wildman–Crippen MR) is 83.2 cm³/mol.